The van der Waals surface area contributed by atoms with E-state index >= 15 is 0 Å². The van der Waals surface area contributed by atoms with Gasteiger partial charge < -0.3 is 9.84 Å². The van der Waals surface area contributed by atoms with E-state index in [1.807, 2.05) is 58.9 Å². The number of aromatic nitrogens is 4. The summed E-state index contributed by atoms with van der Waals surface area (Å²) < 4.78 is 7.05. The fourth-order valence-electron chi connectivity index (χ4n) is 2.72. The summed E-state index contributed by atoms with van der Waals surface area (Å²) in [5.74, 6) is 0.650. The quantitative estimate of drug-likeness (QED) is 0.757. The molecule has 0 aliphatic rings. The highest BCUT2D eigenvalue weighted by Crippen LogP contribution is 2.20. The van der Waals surface area contributed by atoms with E-state index in [4.69, 9.17) is 4.52 Å². The summed E-state index contributed by atoms with van der Waals surface area (Å²) >= 11 is 0. The van der Waals surface area contributed by atoms with Gasteiger partial charge in [0, 0.05) is 11.6 Å². The van der Waals surface area contributed by atoms with E-state index in [0.717, 1.165) is 16.8 Å². The van der Waals surface area contributed by atoms with Crippen LogP contribution in [0.15, 0.2) is 34.9 Å². The molecule has 1 amide bonds. The van der Waals surface area contributed by atoms with Crippen molar-refractivity contribution in [1.82, 2.24) is 25.2 Å². The zero-order valence-corrected chi connectivity index (χ0v) is 15.6. The van der Waals surface area contributed by atoms with Gasteiger partial charge >= 0.3 is 0 Å². The first-order valence-electron chi connectivity index (χ1n) is 8.63. The average molecular weight is 353 g/mol. The Labute approximate surface area is 152 Å². The number of amides is 1. The third kappa shape index (κ3) is 3.66. The average Bonchev–Trinajstić information content (AvgIpc) is 3.21. The van der Waals surface area contributed by atoms with E-state index in [9.17, 15) is 4.79 Å². The second-order valence-electron chi connectivity index (χ2n) is 6.73. The lowest BCUT2D eigenvalue weighted by Crippen LogP contribution is -2.29. The molecule has 0 saturated heterocycles. The molecule has 0 unspecified atom stereocenters. The van der Waals surface area contributed by atoms with E-state index in [0.29, 0.717) is 17.4 Å². The van der Waals surface area contributed by atoms with Gasteiger partial charge in [-0.25, -0.2) is 0 Å². The minimum Gasteiger partial charge on any atom is -0.339 e. The molecule has 0 aliphatic heterocycles. The molecule has 0 saturated carbocycles. The van der Waals surface area contributed by atoms with Gasteiger partial charge in [-0.05, 0) is 46.8 Å². The molecule has 2 heterocycles. The molecule has 7 nitrogen and oxygen atoms in total. The third-order valence-electron chi connectivity index (χ3n) is 4.02. The summed E-state index contributed by atoms with van der Waals surface area (Å²) in [5.41, 5.74) is 3.32. The monoisotopic (exact) mass is 353 g/mol. The minimum atomic E-state index is -0.413. The number of carbonyl (C=O) groups excluding carboxylic acids is 1. The van der Waals surface area contributed by atoms with Crippen LogP contribution in [0.4, 0.5) is 0 Å². The molecule has 136 valence electrons. The SMILES string of the molecule is Cc1cccc(-c2noc([C@H](C)NC(=O)c3cc(C)nn3C(C)C)n2)c1. The molecule has 2 aromatic heterocycles. The van der Waals surface area contributed by atoms with Crippen LogP contribution in [0.2, 0.25) is 0 Å². The number of rotatable bonds is 5. The number of hydrogen-bond acceptors (Lipinski definition) is 5. The van der Waals surface area contributed by atoms with Gasteiger partial charge in [0.1, 0.15) is 11.7 Å². The number of benzene rings is 1. The van der Waals surface area contributed by atoms with E-state index in [1.54, 1.807) is 10.7 Å². The molecule has 0 radical (unpaired) electrons. The molecule has 0 aliphatic carbocycles. The van der Waals surface area contributed by atoms with Crippen molar-refractivity contribution >= 4 is 5.91 Å². The maximum Gasteiger partial charge on any atom is 0.270 e. The Morgan fingerprint density at radius 3 is 2.65 bits per heavy atom. The number of nitrogens with one attached hydrogen (secondary N) is 1. The molecule has 1 aromatic carbocycles. The molecular formula is C19H23N5O2. The second kappa shape index (κ2) is 7.11. The highest BCUT2D eigenvalue weighted by Gasteiger charge is 2.21. The van der Waals surface area contributed by atoms with Crippen molar-refractivity contribution in [1.29, 1.82) is 0 Å². The molecular weight excluding hydrogens is 330 g/mol. The first-order chi connectivity index (χ1) is 12.3. The van der Waals surface area contributed by atoms with Crippen molar-refractivity contribution in [2.75, 3.05) is 0 Å². The molecule has 1 N–H and O–H groups in total. The topological polar surface area (TPSA) is 85.8 Å². The van der Waals surface area contributed by atoms with Crippen LogP contribution < -0.4 is 5.32 Å². The fraction of sp³-hybridized carbons (Fsp3) is 0.368. The zero-order chi connectivity index (χ0) is 18.8. The Bertz CT molecular complexity index is 926. The van der Waals surface area contributed by atoms with E-state index in [2.05, 4.69) is 20.6 Å². The van der Waals surface area contributed by atoms with Crippen molar-refractivity contribution in [3.63, 3.8) is 0 Å². The largest absolute Gasteiger partial charge is 0.339 e. The van der Waals surface area contributed by atoms with Gasteiger partial charge in [0.2, 0.25) is 11.7 Å². The van der Waals surface area contributed by atoms with Gasteiger partial charge in [0.15, 0.2) is 0 Å². The second-order valence-corrected chi connectivity index (χ2v) is 6.73. The van der Waals surface area contributed by atoms with E-state index < -0.39 is 6.04 Å². The fourth-order valence-corrected chi connectivity index (χ4v) is 2.72. The lowest BCUT2D eigenvalue weighted by Gasteiger charge is -2.13. The Balaban J connectivity index is 1.76. The highest BCUT2D eigenvalue weighted by molar-refractivity contribution is 5.92. The van der Waals surface area contributed by atoms with Gasteiger partial charge in [-0.2, -0.15) is 10.1 Å². The highest BCUT2D eigenvalue weighted by atomic mass is 16.5. The van der Waals surface area contributed by atoms with Crippen LogP contribution in [-0.4, -0.2) is 25.8 Å². The summed E-state index contributed by atoms with van der Waals surface area (Å²) in [6.45, 7) is 9.66. The maximum absolute atomic E-state index is 12.6. The predicted octanol–water partition coefficient (Wildman–Crippen LogP) is 3.62. The van der Waals surface area contributed by atoms with Crippen LogP contribution in [0.25, 0.3) is 11.4 Å². The third-order valence-corrected chi connectivity index (χ3v) is 4.02. The lowest BCUT2D eigenvalue weighted by atomic mass is 10.1. The van der Waals surface area contributed by atoms with Gasteiger partial charge in [-0.15, -0.1) is 0 Å². The van der Waals surface area contributed by atoms with Crippen LogP contribution in [0.1, 0.15) is 60.5 Å². The first kappa shape index (κ1) is 17.8. The number of aryl methyl sites for hydroxylation is 2. The van der Waals surface area contributed by atoms with Crippen LogP contribution in [0.5, 0.6) is 0 Å². The summed E-state index contributed by atoms with van der Waals surface area (Å²) in [6.07, 6.45) is 0. The van der Waals surface area contributed by atoms with Gasteiger partial charge in [0.25, 0.3) is 5.91 Å². The summed E-state index contributed by atoms with van der Waals surface area (Å²) in [6, 6.07) is 9.32. The molecule has 1 atom stereocenters. The Morgan fingerprint density at radius 2 is 1.96 bits per heavy atom. The molecule has 3 rings (SSSR count). The van der Waals surface area contributed by atoms with Crippen molar-refractivity contribution in [3.05, 3.63) is 53.2 Å². The Kier molecular flexibility index (Phi) is 4.88. The van der Waals surface area contributed by atoms with Crippen LogP contribution in [-0.2, 0) is 0 Å². The normalized spacial score (nSPS) is 12.4. The maximum atomic E-state index is 12.6. The predicted molar refractivity (Wildman–Crippen MR) is 97.7 cm³/mol. The molecule has 7 heteroatoms. The molecule has 3 aromatic rings. The van der Waals surface area contributed by atoms with Crippen molar-refractivity contribution in [3.8, 4) is 11.4 Å². The number of carbonyl (C=O) groups is 1. The van der Waals surface area contributed by atoms with Crippen LogP contribution in [0, 0.1) is 13.8 Å². The lowest BCUT2D eigenvalue weighted by molar-refractivity contribution is 0.0919. The van der Waals surface area contributed by atoms with Crippen LogP contribution >= 0.6 is 0 Å². The zero-order valence-electron chi connectivity index (χ0n) is 15.6. The summed E-state index contributed by atoms with van der Waals surface area (Å²) in [4.78, 5) is 17.0. The summed E-state index contributed by atoms with van der Waals surface area (Å²) in [7, 11) is 0. The minimum absolute atomic E-state index is 0.0936. The summed E-state index contributed by atoms with van der Waals surface area (Å²) in [5, 5.41) is 11.3. The van der Waals surface area contributed by atoms with Gasteiger partial charge in [0.05, 0.1) is 5.69 Å². The van der Waals surface area contributed by atoms with Crippen molar-refractivity contribution < 1.29 is 9.32 Å². The number of nitrogens with zero attached hydrogens (tertiary/aromatic N) is 4. The van der Waals surface area contributed by atoms with E-state index in [-0.39, 0.29) is 11.9 Å². The van der Waals surface area contributed by atoms with Gasteiger partial charge in [-0.3, -0.25) is 9.48 Å². The molecule has 26 heavy (non-hydrogen) atoms. The van der Waals surface area contributed by atoms with Gasteiger partial charge in [-0.1, -0.05) is 28.9 Å². The molecule has 0 fully saturated rings. The molecule has 0 bridgehead atoms. The Morgan fingerprint density at radius 1 is 1.19 bits per heavy atom. The van der Waals surface area contributed by atoms with E-state index in [1.165, 1.54) is 0 Å². The standard InChI is InChI=1S/C19H23N5O2/c1-11(2)24-16(10-13(4)22-24)18(25)20-14(5)19-21-17(23-26-19)15-8-6-7-12(3)9-15/h6-11,14H,1-5H3,(H,20,25)/t14-/m0/s1. The van der Waals surface area contributed by atoms with Crippen LogP contribution in [0.3, 0.4) is 0 Å². The first-order valence-corrected chi connectivity index (χ1v) is 8.63. The number of hydrogen-bond donors (Lipinski definition) is 1. The Hall–Kier alpha value is -2.96. The van der Waals surface area contributed by atoms with Crippen molar-refractivity contribution in [2.24, 2.45) is 0 Å². The van der Waals surface area contributed by atoms with Crippen molar-refractivity contribution in [2.45, 2.75) is 46.7 Å². The molecule has 0 spiro atoms. The smallest absolute Gasteiger partial charge is 0.270 e.